The Hall–Kier alpha value is -3.68. The van der Waals surface area contributed by atoms with Crippen LogP contribution in [0.4, 0.5) is 4.39 Å². The van der Waals surface area contributed by atoms with E-state index in [1.165, 1.54) is 54.8 Å². The van der Waals surface area contributed by atoms with Gasteiger partial charge < -0.3 is 20.1 Å². The summed E-state index contributed by atoms with van der Waals surface area (Å²) in [5, 5.41) is 20.9. The maximum atomic E-state index is 13.8. The lowest BCUT2D eigenvalue weighted by Gasteiger charge is -2.16. The zero-order valence-electron chi connectivity index (χ0n) is 21.0. The number of hydrogen-bond acceptors (Lipinski definition) is 5. The Morgan fingerprint density at radius 1 is 1.03 bits per heavy atom. The predicted octanol–water partition coefficient (Wildman–Crippen LogP) is 5.35. The fourth-order valence-corrected chi connectivity index (χ4v) is 5.55. The summed E-state index contributed by atoms with van der Waals surface area (Å²) in [6, 6.07) is 16.8. The molecule has 1 fully saturated rings. The number of aromatic hydroxyl groups is 1. The first kappa shape index (κ1) is 23.7. The molecule has 1 saturated heterocycles. The third kappa shape index (κ3) is 4.61. The number of ether oxygens (including phenoxy) is 1. The number of phenolic OH excluding ortho intramolecular Hbond substituents is 1. The molecule has 0 bridgehead atoms. The van der Waals surface area contributed by atoms with E-state index < -0.39 is 5.82 Å². The zero-order chi connectivity index (χ0) is 25.4. The van der Waals surface area contributed by atoms with Crippen molar-refractivity contribution in [2.75, 3.05) is 33.3 Å². The van der Waals surface area contributed by atoms with Gasteiger partial charge in [0.25, 0.3) is 0 Å². The summed E-state index contributed by atoms with van der Waals surface area (Å²) >= 11 is 0. The topological polar surface area (TPSA) is 73.4 Å². The first-order chi connectivity index (χ1) is 18.1. The van der Waals surface area contributed by atoms with E-state index in [1.807, 2.05) is 24.3 Å². The van der Waals surface area contributed by atoms with Crippen molar-refractivity contribution < 1.29 is 14.2 Å². The SMILES string of the molecule is COc1cc2c(cc1CNCCN1CCCC1)Cc1c(-c3ccc(-c4ccc(O)c(F)c4)cc3)n[nH]c1-2. The number of phenols is 1. The summed E-state index contributed by atoms with van der Waals surface area (Å²) in [6.07, 6.45) is 3.45. The average Bonchev–Trinajstić information content (AvgIpc) is 3.65. The molecule has 1 aromatic heterocycles. The normalized spacial score (nSPS) is 14.6. The van der Waals surface area contributed by atoms with Gasteiger partial charge in [0.05, 0.1) is 18.5 Å². The summed E-state index contributed by atoms with van der Waals surface area (Å²) < 4.78 is 19.6. The van der Waals surface area contributed by atoms with Crippen LogP contribution < -0.4 is 10.1 Å². The standard InChI is InChI=1S/C30H31FN4O2/c1-37-28-17-24-22(14-23(28)18-32-10-13-35-11-2-3-12-35)15-25-29(33-34-30(24)25)20-6-4-19(5-7-20)21-8-9-27(36)26(31)16-21/h4-9,14,16-17,32,36H,2-3,10-13,15,18H2,1H3,(H,33,34). The first-order valence-corrected chi connectivity index (χ1v) is 12.9. The molecule has 3 aromatic carbocycles. The Kier molecular flexibility index (Phi) is 6.40. The van der Waals surface area contributed by atoms with Gasteiger partial charge in [0.2, 0.25) is 0 Å². The van der Waals surface area contributed by atoms with Gasteiger partial charge in [-0.25, -0.2) is 4.39 Å². The van der Waals surface area contributed by atoms with Crippen LogP contribution >= 0.6 is 0 Å². The second-order valence-corrected chi connectivity index (χ2v) is 9.89. The lowest BCUT2D eigenvalue weighted by molar-refractivity contribution is 0.335. The van der Waals surface area contributed by atoms with Crippen molar-refractivity contribution in [3.8, 4) is 45.1 Å². The summed E-state index contributed by atoms with van der Waals surface area (Å²) in [6.45, 7) is 5.28. The second kappa shape index (κ2) is 10.00. The third-order valence-electron chi connectivity index (χ3n) is 7.57. The van der Waals surface area contributed by atoms with Crippen LogP contribution in [0.2, 0.25) is 0 Å². The van der Waals surface area contributed by atoms with Crippen LogP contribution in [0.1, 0.15) is 29.5 Å². The number of methoxy groups -OCH3 is 1. The highest BCUT2D eigenvalue weighted by Gasteiger charge is 2.27. The van der Waals surface area contributed by atoms with Gasteiger partial charge >= 0.3 is 0 Å². The first-order valence-electron chi connectivity index (χ1n) is 12.9. The van der Waals surface area contributed by atoms with E-state index in [0.29, 0.717) is 0 Å². The van der Waals surface area contributed by atoms with Crippen molar-refractivity contribution in [2.24, 2.45) is 0 Å². The Morgan fingerprint density at radius 3 is 2.54 bits per heavy atom. The smallest absolute Gasteiger partial charge is 0.165 e. The van der Waals surface area contributed by atoms with Crippen molar-refractivity contribution in [3.05, 3.63) is 77.1 Å². The van der Waals surface area contributed by atoms with Gasteiger partial charge in [-0.1, -0.05) is 30.3 Å². The van der Waals surface area contributed by atoms with Crippen molar-refractivity contribution >= 4 is 0 Å². The van der Waals surface area contributed by atoms with Gasteiger partial charge in [-0.2, -0.15) is 5.10 Å². The monoisotopic (exact) mass is 498 g/mol. The molecule has 0 saturated carbocycles. The van der Waals surface area contributed by atoms with Crippen molar-refractivity contribution in [1.82, 2.24) is 20.4 Å². The predicted molar refractivity (Wildman–Crippen MR) is 143 cm³/mol. The molecule has 6 rings (SSSR count). The molecule has 2 aliphatic rings. The van der Waals surface area contributed by atoms with Gasteiger partial charge in [0.1, 0.15) is 5.75 Å². The number of halogens is 1. The Bertz CT molecular complexity index is 1420. The summed E-state index contributed by atoms with van der Waals surface area (Å²) in [7, 11) is 1.73. The third-order valence-corrected chi connectivity index (χ3v) is 7.57. The minimum atomic E-state index is -0.624. The van der Waals surface area contributed by atoms with Gasteiger partial charge in [0.15, 0.2) is 11.6 Å². The van der Waals surface area contributed by atoms with E-state index in [0.717, 1.165) is 65.4 Å². The Balaban J connectivity index is 1.19. The van der Waals surface area contributed by atoms with Crippen LogP contribution in [0.15, 0.2) is 54.6 Å². The summed E-state index contributed by atoms with van der Waals surface area (Å²) in [5.74, 6) is -0.0763. The van der Waals surface area contributed by atoms with E-state index in [2.05, 4.69) is 32.5 Å². The number of likely N-dealkylation sites (tertiary alicyclic amines) is 1. The lowest BCUT2D eigenvalue weighted by atomic mass is 10.0. The fraction of sp³-hybridized carbons (Fsp3) is 0.300. The molecule has 0 unspecified atom stereocenters. The number of rotatable bonds is 8. The number of nitrogens with one attached hydrogen (secondary N) is 2. The van der Waals surface area contributed by atoms with Gasteiger partial charge in [-0.05, 0) is 66.9 Å². The maximum Gasteiger partial charge on any atom is 0.165 e. The molecule has 0 radical (unpaired) electrons. The minimum Gasteiger partial charge on any atom is -0.505 e. The molecule has 3 N–H and O–H groups in total. The van der Waals surface area contributed by atoms with Crippen LogP contribution in [0.25, 0.3) is 33.6 Å². The van der Waals surface area contributed by atoms with Crippen molar-refractivity contribution in [2.45, 2.75) is 25.8 Å². The molecule has 37 heavy (non-hydrogen) atoms. The van der Waals surface area contributed by atoms with E-state index >= 15 is 0 Å². The Labute approximate surface area is 216 Å². The second-order valence-electron chi connectivity index (χ2n) is 9.89. The number of H-pyrrole nitrogens is 1. The van der Waals surface area contributed by atoms with E-state index in [-0.39, 0.29) is 5.75 Å². The zero-order valence-corrected chi connectivity index (χ0v) is 21.0. The highest BCUT2D eigenvalue weighted by Crippen LogP contribution is 2.43. The highest BCUT2D eigenvalue weighted by atomic mass is 19.1. The Morgan fingerprint density at radius 2 is 1.78 bits per heavy atom. The molecule has 7 heteroatoms. The summed E-state index contributed by atoms with van der Waals surface area (Å²) in [5.41, 5.74) is 9.35. The van der Waals surface area contributed by atoms with E-state index in [9.17, 15) is 9.50 Å². The molecule has 2 heterocycles. The molecule has 1 aliphatic carbocycles. The molecular weight excluding hydrogens is 467 g/mol. The van der Waals surface area contributed by atoms with Gasteiger partial charge in [0, 0.05) is 48.3 Å². The van der Waals surface area contributed by atoms with Crippen LogP contribution in [-0.4, -0.2) is 53.5 Å². The summed E-state index contributed by atoms with van der Waals surface area (Å²) in [4.78, 5) is 2.52. The van der Waals surface area contributed by atoms with E-state index in [4.69, 9.17) is 4.74 Å². The fourth-order valence-electron chi connectivity index (χ4n) is 5.55. The van der Waals surface area contributed by atoms with Crippen molar-refractivity contribution in [3.63, 3.8) is 0 Å². The van der Waals surface area contributed by atoms with Crippen LogP contribution in [0.5, 0.6) is 11.5 Å². The number of aromatic nitrogens is 2. The molecule has 190 valence electrons. The quantitative estimate of drug-likeness (QED) is 0.252. The number of nitrogens with zero attached hydrogens (tertiary/aromatic N) is 2. The molecule has 6 nitrogen and oxygen atoms in total. The molecule has 1 aliphatic heterocycles. The van der Waals surface area contributed by atoms with Gasteiger partial charge in [-0.15, -0.1) is 0 Å². The molecule has 0 spiro atoms. The molecule has 0 atom stereocenters. The molecular formula is C30H31FN4O2. The van der Waals surface area contributed by atoms with E-state index in [1.54, 1.807) is 13.2 Å². The number of benzene rings is 3. The average molecular weight is 499 g/mol. The van der Waals surface area contributed by atoms with Crippen molar-refractivity contribution in [1.29, 1.82) is 0 Å². The number of fused-ring (bicyclic) bond motifs is 3. The van der Waals surface area contributed by atoms with Crippen LogP contribution in [0.3, 0.4) is 0 Å². The minimum absolute atomic E-state index is 0.343. The molecule has 0 amide bonds. The number of aromatic amines is 1. The van der Waals surface area contributed by atoms with Crippen LogP contribution in [0, 0.1) is 5.82 Å². The lowest BCUT2D eigenvalue weighted by Crippen LogP contribution is -2.29. The maximum absolute atomic E-state index is 13.8. The highest BCUT2D eigenvalue weighted by molar-refractivity contribution is 5.83. The largest absolute Gasteiger partial charge is 0.505 e. The number of hydrogen-bond donors (Lipinski definition) is 3. The van der Waals surface area contributed by atoms with Gasteiger partial charge in [-0.3, -0.25) is 5.10 Å². The molecule has 4 aromatic rings. The van der Waals surface area contributed by atoms with Crippen LogP contribution in [-0.2, 0) is 13.0 Å².